The summed E-state index contributed by atoms with van der Waals surface area (Å²) in [5, 5.41) is 3.60. The number of aryl methyl sites for hydroxylation is 3. The summed E-state index contributed by atoms with van der Waals surface area (Å²) >= 11 is 0. The van der Waals surface area contributed by atoms with Crippen molar-refractivity contribution in [2.75, 3.05) is 0 Å². The molecule has 0 spiro atoms. The molecule has 0 saturated carbocycles. The maximum atomic E-state index is 7.59. The van der Waals surface area contributed by atoms with E-state index in [1.54, 1.807) is 0 Å². The molecule has 5 rings (SSSR count). The van der Waals surface area contributed by atoms with Gasteiger partial charge in [0.2, 0.25) is 5.54 Å². The Morgan fingerprint density at radius 3 is 2.43 bits per heavy atom. The molecule has 0 fully saturated rings. The zero-order chi connectivity index (χ0) is 25.3. The summed E-state index contributed by atoms with van der Waals surface area (Å²) in [6.07, 6.45) is 3.47. The molecule has 0 saturated heterocycles. The molecule has 35 heavy (non-hydrogen) atoms. The second-order valence-corrected chi connectivity index (χ2v) is 12.0. The van der Waals surface area contributed by atoms with E-state index in [1.165, 1.54) is 33.0 Å². The Balaban J connectivity index is 1.88. The van der Waals surface area contributed by atoms with Gasteiger partial charge in [0, 0.05) is 19.4 Å². The Bertz CT molecular complexity index is 1570. The van der Waals surface area contributed by atoms with Crippen LogP contribution in [0.2, 0.25) is 0 Å². The number of benzene rings is 3. The summed E-state index contributed by atoms with van der Waals surface area (Å²) in [5.74, 6) is 1.80. The lowest BCUT2D eigenvalue weighted by molar-refractivity contribution is -0.662. The molecule has 4 heteroatoms. The predicted molar refractivity (Wildman–Crippen MR) is 143 cm³/mol. The molecule has 1 aliphatic heterocycles. The quantitative estimate of drug-likeness (QED) is 0.205. The van der Waals surface area contributed by atoms with Gasteiger partial charge >= 0.3 is 0 Å². The van der Waals surface area contributed by atoms with Crippen molar-refractivity contribution in [2.24, 2.45) is 12.5 Å². The minimum atomic E-state index is -0.475. The standard InChI is InChI=1S/C31H34N3O/c1-18-10-11-21-22(12-18)19(2)26-28-27-24(33-17-34(28)9)13-20(15-31(6,7)32-8)14-25(27)35-29(26)23(21)16-30(3,4)5/h10-14,17H,15-16H2,1-7,9H3/q+1. The maximum absolute atomic E-state index is 7.59. The highest BCUT2D eigenvalue weighted by atomic mass is 16.5. The third kappa shape index (κ3) is 3.93. The van der Waals surface area contributed by atoms with Crippen molar-refractivity contribution in [3.63, 3.8) is 0 Å². The lowest BCUT2D eigenvalue weighted by Gasteiger charge is -2.28. The van der Waals surface area contributed by atoms with Crippen LogP contribution >= 0.6 is 0 Å². The highest BCUT2D eigenvalue weighted by Crippen LogP contribution is 2.51. The van der Waals surface area contributed by atoms with Crippen molar-refractivity contribution in [3.8, 4) is 22.8 Å². The second-order valence-electron chi connectivity index (χ2n) is 12.0. The summed E-state index contributed by atoms with van der Waals surface area (Å²) in [6.45, 7) is 22.8. The number of hydrogen-bond acceptors (Lipinski definition) is 2. The van der Waals surface area contributed by atoms with Crippen LogP contribution in [0.1, 0.15) is 56.9 Å². The van der Waals surface area contributed by atoms with E-state index in [0.29, 0.717) is 6.42 Å². The van der Waals surface area contributed by atoms with Gasteiger partial charge in [-0.2, -0.15) is 0 Å². The Kier molecular flexibility index (Phi) is 5.18. The molecular formula is C31H34N3O+. The van der Waals surface area contributed by atoms with E-state index in [-0.39, 0.29) is 5.41 Å². The fourth-order valence-corrected chi connectivity index (χ4v) is 5.43. The first-order chi connectivity index (χ1) is 16.4. The van der Waals surface area contributed by atoms with Gasteiger partial charge in [-0.25, -0.2) is 11.1 Å². The second kappa shape index (κ2) is 7.78. The third-order valence-corrected chi connectivity index (χ3v) is 6.98. The fourth-order valence-electron chi connectivity index (χ4n) is 5.43. The van der Waals surface area contributed by atoms with E-state index in [4.69, 9.17) is 16.3 Å². The third-order valence-electron chi connectivity index (χ3n) is 6.98. The number of rotatable bonds is 3. The lowest BCUT2D eigenvalue weighted by atomic mass is 9.81. The summed E-state index contributed by atoms with van der Waals surface area (Å²) in [7, 11) is 2.07. The molecule has 0 bridgehead atoms. The van der Waals surface area contributed by atoms with Gasteiger partial charge in [-0.15, -0.1) is 0 Å². The highest BCUT2D eigenvalue weighted by Gasteiger charge is 2.34. The van der Waals surface area contributed by atoms with Crippen LogP contribution in [0, 0.1) is 25.8 Å². The maximum Gasteiger partial charge on any atom is 0.287 e. The molecule has 4 aromatic rings. The van der Waals surface area contributed by atoms with E-state index in [0.717, 1.165) is 40.1 Å². The zero-order valence-electron chi connectivity index (χ0n) is 22.1. The monoisotopic (exact) mass is 464 g/mol. The van der Waals surface area contributed by atoms with Gasteiger partial charge in [-0.3, -0.25) is 0 Å². The SMILES string of the molecule is [C-]#[N+]C(C)(C)Cc1cc2c3c([n+](C)cnc3c1)-c1c(c(CC(C)(C)C)c3ccc(C)cc3c1C)O2. The Morgan fingerprint density at radius 1 is 1.00 bits per heavy atom. The van der Waals surface area contributed by atoms with Gasteiger partial charge in [-0.1, -0.05) is 44.5 Å². The van der Waals surface area contributed by atoms with Gasteiger partial charge in [0.25, 0.3) is 6.33 Å². The molecule has 0 unspecified atom stereocenters. The van der Waals surface area contributed by atoms with E-state index < -0.39 is 5.54 Å². The number of ether oxygens (including phenoxy) is 1. The van der Waals surface area contributed by atoms with Crippen molar-refractivity contribution in [3.05, 3.63) is 70.3 Å². The average molecular weight is 465 g/mol. The summed E-state index contributed by atoms with van der Waals surface area (Å²) in [6, 6.07) is 11.0. The minimum Gasteiger partial charge on any atom is -0.455 e. The van der Waals surface area contributed by atoms with E-state index >= 15 is 0 Å². The smallest absolute Gasteiger partial charge is 0.287 e. The highest BCUT2D eigenvalue weighted by molar-refractivity contribution is 6.06. The van der Waals surface area contributed by atoms with Crippen LogP contribution in [0.3, 0.4) is 0 Å². The first-order valence-corrected chi connectivity index (χ1v) is 12.3. The van der Waals surface area contributed by atoms with E-state index in [2.05, 4.69) is 81.4 Å². The normalized spacial score (nSPS) is 13.0. The van der Waals surface area contributed by atoms with Crippen LogP contribution in [-0.2, 0) is 19.9 Å². The number of nitrogens with zero attached hydrogens (tertiary/aromatic N) is 3. The lowest BCUT2D eigenvalue weighted by Crippen LogP contribution is -2.33. The molecule has 0 aliphatic carbocycles. The van der Waals surface area contributed by atoms with Crippen molar-refractivity contribution in [1.29, 1.82) is 0 Å². The van der Waals surface area contributed by atoms with Crippen molar-refractivity contribution in [1.82, 2.24) is 4.98 Å². The van der Waals surface area contributed by atoms with Crippen LogP contribution in [0.4, 0.5) is 0 Å². The predicted octanol–water partition coefficient (Wildman–Crippen LogP) is 7.43. The van der Waals surface area contributed by atoms with Gasteiger partial charge in [-0.05, 0) is 64.7 Å². The van der Waals surface area contributed by atoms with E-state index in [9.17, 15) is 0 Å². The Morgan fingerprint density at radius 2 is 1.74 bits per heavy atom. The molecule has 0 amide bonds. The number of fused-ring (bicyclic) bond motifs is 3. The molecule has 178 valence electrons. The number of aromatic nitrogens is 2. The largest absolute Gasteiger partial charge is 0.455 e. The average Bonchev–Trinajstić information content (AvgIpc) is 2.77. The van der Waals surface area contributed by atoms with Crippen LogP contribution in [0.25, 0.3) is 37.8 Å². The first-order valence-electron chi connectivity index (χ1n) is 12.3. The molecule has 3 aromatic carbocycles. The molecule has 0 N–H and O–H groups in total. The summed E-state index contributed by atoms with van der Waals surface area (Å²) in [5.41, 5.74) is 7.69. The zero-order valence-corrected chi connectivity index (χ0v) is 22.1. The fraction of sp³-hybridized carbons (Fsp3) is 0.387. The van der Waals surface area contributed by atoms with Gasteiger partial charge in [0.05, 0.1) is 19.0 Å². The molecule has 1 aliphatic rings. The van der Waals surface area contributed by atoms with Crippen LogP contribution < -0.4 is 9.30 Å². The van der Waals surface area contributed by atoms with Crippen LogP contribution in [0.15, 0.2) is 36.7 Å². The Labute approximate surface area is 208 Å². The molecule has 1 aromatic heterocycles. The first kappa shape index (κ1) is 23.3. The van der Waals surface area contributed by atoms with Crippen molar-refractivity contribution in [2.45, 2.75) is 66.8 Å². The summed E-state index contributed by atoms with van der Waals surface area (Å²) in [4.78, 5) is 8.59. The van der Waals surface area contributed by atoms with Gasteiger partial charge in [0.1, 0.15) is 16.9 Å². The molecule has 0 radical (unpaired) electrons. The minimum absolute atomic E-state index is 0.0989. The van der Waals surface area contributed by atoms with E-state index in [1.807, 2.05) is 20.2 Å². The number of hydrogen-bond donors (Lipinski definition) is 0. The van der Waals surface area contributed by atoms with Gasteiger partial charge < -0.3 is 9.58 Å². The molecular weight excluding hydrogens is 430 g/mol. The topological polar surface area (TPSA) is 30.4 Å². The van der Waals surface area contributed by atoms with Crippen LogP contribution in [-0.4, -0.2) is 10.5 Å². The molecule has 4 nitrogen and oxygen atoms in total. The van der Waals surface area contributed by atoms with Gasteiger partial charge in [0.15, 0.2) is 11.2 Å². The molecule has 0 atom stereocenters. The van der Waals surface area contributed by atoms with Crippen molar-refractivity contribution < 1.29 is 9.30 Å². The molecule has 2 heterocycles. The summed E-state index contributed by atoms with van der Waals surface area (Å²) < 4.78 is 8.99. The van der Waals surface area contributed by atoms with Crippen molar-refractivity contribution >= 4 is 21.7 Å². The Hall–Kier alpha value is -3.45. The van der Waals surface area contributed by atoms with Crippen LogP contribution in [0.5, 0.6) is 11.5 Å².